The van der Waals surface area contributed by atoms with Crippen LogP contribution in [0.25, 0.3) is 0 Å². The monoisotopic (exact) mass is 465 g/mol. The molecule has 2 N–H and O–H groups in total. The van der Waals surface area contributed by atoms with E-state index in [-0.39, 0.29) is 31.1 Å². The topological polar surface area (TPSA) is 118 Å². The summed E-state index contributed by atoms with van der Waals surface area (Å²) >= 11 is 12.1. The molecule has 0 bridgehead atoms. The van der Waals surface area contributed by atoms with Gasteiger partial charge in [-0.15, -0.1) is 0 Å². The van der Waals surface area contributed by atoms with Crippen molar-refractivity contribution in [1.82, 2.24) is 14.3 Å². The van der Waals surface area contributed by atoms with Gasteiger partial charge >= 0.3 is 6.09 Å². The second-order valence-electron chi connectivity index (χ2n) is 7.14. The number of carbonyl (C=O) groups excluding carboxylic acids is 1. The minimum atomic E-state index is -3.91. The molecule has 160 valence electrons. The maximum absolute atomic E-state index is 13.1. The van der Waals surface area contributed by atoms with E-state index in [0.717, 1.165) is 16.0 Å². The predicted molar refractivity (Wildman–Crippen MR) is 106 cm³/mol. The highest BCUT2D eigenvalue weighted by molar-refractivity contribution is 7.89. The number of carboxylic acid groups (broad SMARTS) is 1. The summed E-state index contributed by atoms with van der Waals surface area (Å²) in [6, 6.07) is 1.34. The predicted octanol–water partition coefficient (Wildman–Crippen LogP) is 2.04. The molecule has 0 aromatic heterocycles. The molecule has 1 fully saturated rings. The number of hydroxylamine groups is 2. The number of sulfonamides is 1. The van der Waals surface area contributed by atoms with E-state index < -0.39 is 34.0 Å². The first-order valence-corrected chi connectivity index (χ1v) is 11.4. The van der Waals surface area contributed by atoms with Crippen molar-refractivity contribution < 1.29 is 28.3 Å². The van der Waals surface area contributed by atoms with Gasteiger partial charge in [0, 0.05) is 19.6 Å². The van der Waals surface area contributed by atoms with Crippen molar-refractivity contribution in [3.63, 3.8) is 0 Å². The standard InChI is InChI=1S/C17H21Cl2N3O6S/c18-13-6-11-3-5-20(8-12(11)7-14(13)19)29(27,28)9-16(22(26)10-23)15-2-1-4-21(15)17(24)25/h6-7,10,15-16,26H,1-5,8-9H2,(H,24,25)/t15-,16+/m0/s1. The Morgan fingerprint density at radius 2 is 1.93 bits per heavy atom. The number of nitrogens with zero attached hydrogens (tertiary/aromatic N) is 3. The molecule has 2 amide bonds. The van der Waals surface area contributed by atoms with Gasteiger partial charge in [-0.1, -0.05) is 23.2 Å². The summed E-state index contributed by atoms with van der Waals surface area (Å²) in [6.45, 7) is 0.514. The van der Waals surface area contributed by atoms with E-state index in [1.807, 2.05) is 0 Å². The summed E-state index contributed by atoms with van der Waals surface area (Å²) in [4.78, 5) is 23.7. The van der Waals surface area contributed by atoms with E-state index in [1.54, 1.807) is 12.1 Å². The molecule has 12 heteroatoms. The minimum absolute atomic E-state index is 0.0844. The van der Waals surface area contributed by atoms with Crippen molar-refractivity contribution in [2.24, 2.45) is 0 Å². The molecule has 1 aromatic rings. The fourth-order valence-corrected chi connectivity index (χ4v) is 6.05. The summed E-state index contributed by atoms with van der Waals surface area (Å²) in [7, 11) is -3.91. The molecule has 9 nitrogen and oxygen atoms in total. The minimum Gasteiger partial charge on any atom is -0.465 e. The molecule has 29 heavy (non-hydrogen) atoms. The summed E-state index contributed by atoms with van der Waals surface area (Å²) in [5.41, 5.74) is 1.64. The van der Waals surface area contributed by atoms with Crippen LogP contribution in [0, 0.1) is 0 Å². The third-order valence-electron chi connectivity index (χ3n) is 5.43. The zero-order chi connectivity index (χ0) is 21.3. The molecule has 2 atom stereocenters. The number of carbonyl (C=O) groups is 2. The van der Waals surface area contributed by atoms with Crippen molar-refractivity contribution in [2.75, 3.05) is 18.8 Å². The first kappa shape index (κ1) is 22.1. The van der Waals surface area contributed by atoms with Gasteiger partial charge in [0.2, 0.25) is 16.4 Å². The van der Waals surface area contributed by atoms with Crippen molar-refractivity contribution >= 4 is 45.7 Å². The van der Waals surface area contributed by atoms with Crippen LogP contribution in [0.2, 0.25) is 10.0 Å². The highest BCUT2D eigenvalue weighted by Crippen LogP contribution is 2.31. The molecular weight excluding hydrogens is 445 g/mol. The molecule has 0 spiro atoms. The summed E-state index contributed by atoms with van der Waals surface area (Å²) < 4.78 is 27.4. The zero-order valence-corrected chi connectivity index (χ0v) is 17.7. The fourth-order valence-electron chi connectivity index (χ4n) is 3.95. The van der Waals surface area contributed by atoms with Crippen LogP contribution in [0.15, 0.2) is 12.1 Å². The molecular formula is C17H21Cl2N3O6S. The Hall–Kier alpha value is -1.59. The van der Waals surface area contributed by atoms with E-state index in [1.165, 1.54) is 4.31 Å². The fraction of sp³-hybridized carbons (Fsp3) is 0.529. The Balaban J connectivity index is 1.83. The zero-order valence-electron chi connectivity index (χ0n) is 15.4. The Kier molecular flexibility index (Phi) is 6.59. The van der Waals surface area contributed by atoms with Crippen LogP contribution in [0.4, 0.5) is 4.79 Å². The van der Waals surface area contributed by atoms with Gasteiger partial charge in [0.15, 0.2) is 0 Å². The molecule has 0 unspecified atom stereocenters. The van der Waals surface area contributed by atoms with Crippen molar-refractivity contribution in [3.8, 4) is 0 Å². The average Bonchev–Trinajstić information content (AvgIpc) is 3.16. The molecule has 0 aliphatic carbocycles. The van der Waals surface area contributed by atoms with E-state index >= 15 is 0 Å². The number of hydrogen-bond donors (Lipinski definition) is 2. The smallest absolute Gasteiger partial charge is 0.407 e. The first-order valence-electron chi connectivity index (χ1n) is 9.00. The quantitative estimate of drug-likeness (QED) is 0.376. The summed E-state index contributed by atoms with van der Waals surface area (Å²) in [5.74, 6) is -0.590. The van der Waals surface area contributed by atoms with E-state index in [2.05, 4.69) is 0 Å². The third kappa shape index (κ3) is 4.61. The van der Waals surface area contributed by atoms with E-state index in [0.29, 0.717) is 29.3 Å². The molecule has 0 radical (unpaired) electrons. The maximum Gasteiger partial charge on any atom is 0.407 e. The molecule has 2 aliphatic heterocycles. The molecule has 2 heterocycles. The van der Waals surface area contributed by atoms with Crippen molar-refractivity contribution in [1.29, 1.82) is 0 Å². The number of benzene rings is 1. The van der Waals surface area contributed by atoms with Gasteiger partial charge in [0.1, 0.15) is 0 Å². The Bertz CT molecular complexity index is 913. The third-order valence-corrected chi connectivity index (χ3v) is 8.01. The maximum atomic E-state index is 13.1. The van der Waals surface area contributed by atoms with Gasteiger partial charge in [-0.2, -0.15) is 4.31 Å². The lowest BCUT2D eigenvalue weighted by molar-refractivity contribution is -0.162. The van der Waals surface area contributed by atoms with Gasteiger partial charge in [0.05, 0.1) is 27.9 Å². The Morgan fingerprint density at radius 3 is 2.55 bits per heavy atom. The number of rotatable bonds is 6. The van der Waals surface area contributed by atoms with Crippen LogP contribution in [0.1, 0.15) is 24.0 Å². The van der Waals surface area contributed by atoms with E-state index in [4.69, 9.17) is 23.2 Å². The lowest BCUT2D eigenvalue weighted by Crippen LogP contribution is -2.54. The summed E-state index contributed by atoms with van der Waals surface area (Å²) in [5, 5.41) is 20.3. The van der Waals surface area contributed by atoms with Crippen LogP contribution in [0.5, 0.6) is 0 Å². The SMILES string of the molecule is O=CN(O)[C@H](CS(=O)(=O)N1CCc2cc(Cl)c(Cl)cc2C1)[C@@H]1CCCN1C(=O)O. The molecule has 0 saturated carbocycles. The van der Waals surface area contributed by atoms with Gasteiger partial charge in [-0.3, -0.25) is 10.0 Å². The largest absolute Gasteiger partial charge is 0.465 e. The normalized spacial score (nSPS) is 20.9. The lowest BCUT2D eigenvalue weighted by Gasteiger charge is -2.35. The molecule has 2 aliphatic rings. The van der Waals surface area contributed by atoms with Crippen LogP contribution in [-0.2, 0) is 27.8 Å². The van der Waals surface area contributed by atoms with Crippen molar-refractivity contribution in [2.45, 2.75) is 37.9 Å². The number of halogens is 2. The summed E-state index contributed by atoms with van der Waals surface area (Å²) in [6.07, 6.45) is 0.209. The van der Waals surface area contributed by atoms with Crippen LogP contribution in [-0.4, -0.2) is 76.4 Å². The van der Waals surface area contributed by atoms with Gasteiger partial charge in [0.25, 0.3) is 0 Å². The first-order chi connectivity index (χ1) is 13.6. The van der Waals surface area contributed by atoms with Gasteiger partial charge < -0.3 is 10.0 Å². The lowest BCUT2D eigenvalue weighted by atomic mass is 10.0. The Morgan fingerprint density at radius 1 is 1.28 bits per heavy atom. The molecule has 1 saturated heterocycles. The van der Waals surface area contributed by atoms with Gasteiger partial charge in [-0.05, 0) is 42.5 Å². The van der Waals surface area contributed by atoms with Crippen LogP contribution < -0.4 is 0 Å². The second-order valence-corrected chi connectivity index (χ2v) is 9.96. The number of amides is 2. The van der Waals surface area contributed by atoms with E-state index in [9.17, 15) is 28.3 Å². The highest BCUT2D eigenvalue weighted by Gasteiger charge is 2.41. The highest BCUT2D eigenvalue weighted by atomic mass is 35.5. The number of likely N-dealkylation sites (tertiary alicyclic amines) is 1. The number of fused-ring (bicyclic) bond motifs is 1. The number of hydrogen-bond acceptors (Lipinski definition) is 5. The average molecular weight is 466 g/mol. The molecule has 1 aromatic carbocycles. The molecule has 3 rings (SSSR count). The van der Waals surface area contributed by atoms with Crippen LogP contribution in [0.3, 0.4) is 0 Å². The van der Waals surface area contributed by atoms with Crippen molar-refractivity contribution in [3.05, 3.63) is 33.3 Å². The van der Waals surface area contributed by atoms with Crippen LogP contribution >= 0.6 is 23.2 Å². The second kappa shape index (κ2) is 8.65. The van der Waals surface area contributed by atoms with Gasteiger partial charge in [-0.25, -0.2) is 18.3 Å². The Labute approximate surface area is 178 Å².